The van der Waals surface area contributed by atoms with Crippen molar-refractivity contribution in [3.8, 4) is 0 Å². The molecular formula is C21H22BClN2O3. The Bertz CT molecular complexity index is 939. The number of hydrogen-bond donors (Lipinski definition) is 2. The number of halogens is 1. The molecule has 0 amide bonds. The van der Waals surface area contributed by atoms with E-state index in [9.17, 15) is 14.9 Å². The molecule has 7 heteroatoms. The van der Waals surface area contributed by atoms with Crippen LogP contribution < -0.4 is 0 Å². The Hall–Kier alpha value is -2.15. The van der Waals surface area contributed by atoms with Gasteiger partial charge in [-0.2, -0.15) is 0 Å². The summed E-state index contributed by atoms with van der Waals surface area (Å²) in [6, 6.07) is 9.29. The fourth-order valence-electron chi connectivity index (χ4n) is 4.51. The number of aromatic nitrogens is 1. The van der Waals surface area contributed by atoms with Crippen LogP contribution in [0.15, 0.2) is 36.5 Å². The van der Waals surface area contributed by atoms with Crippen molar-refractivity contribution in [3.63, 3.8) is 0 Å². The summed E-state index contributed by atoms with van der Waals surface area (Å²) in [4.78, 5) is 18.8. The number of carbonyl (C=O) groups is 1. The summed E-state index contributed by atoms with van der Waals surface area (Å²) in [5.74, 6) is -0.666. The van der Waals surface area contributed by atoms with Crippen molar-refractivity contribution in [2.75, 3.05) is 13.1 Å². The Labute approximate surface area is 169 Å². The molecule has 2 N–H and O–H groups in total. The SMILES string of the molecule is CB(O)N1CCC(C2c3ccc(Cl)cc3C(C(=O)O)=Cc3cccnc32)CC1. The maximum atomic E-state index is 12.0. The van der Waals surface area contributed by atoms with E-state index in [2.05, 4.69) is 9.79 Å². The number of pyridine rings is 1. The van der Waals surface area contributed by atoms with Gasteiger partial charge in [-0.1, -0.05) is 23.7 Å². The number of rotatable bonds is 3. The first-order valence-electron chi connectivity index (χ1n) is 9.57. The Balaban J connectivity index is 1.84. The van der Waals surface area contributed by atoms with Crippen LogP contribution in [0.5, 0.6) is 0 Å². The minimum Gasteiger partial charge on any atom is -0.478 e. The van der Waals surface area contributed by atoms with E-state index in [1.54, 1.807) is 25.2 Å². The van der Waals surface area contributed by atoms with Crippen molar-refractivity contribution in [3.05, 3.63) is 63.9 Å². The van der Waals surface area contributed by atoms with Crippen LogP contribution in [0.4, 0.5) is 0 Å². The van der Waals surface area contributed by atoms with Gasteiger partial charge >= 0.3 is 13.0 Å². The topological polar surface area (TPSA) is 73.7 Å². The molecule has 2 aliphatic rings. The van der Waals surface area contributed by atoms with E-state index in [0.29, 0.717) is 16.5 Å². The number of carboxylic acid groups (broad SMARTS) is 1. The fraction of sp³-hybridized carbons (Fsp3) is 0.333. The van der Waals surface area contributed by atoms with Crippen molar-refractivity contribution < 1.29 is 14.9 Å². The molecule has 1 aliphatic heterocycles. The average molecular weight is 397 g/mol. The molecule has 1 atom stereocenters. The van der Waals surface area contributed by atoms with E-state index in [1.165, 1.54) is 0 Å². The summed E-state index contributed by atoms with van der Waals surface area (Å²) in [6.45, 7) is 3.41. The van der Waals surface area contributed by atoms with E-state index in [-0.39, 0.29) is 11.5 Å². The Kier molecular flexibility index (Phi) is 5.28. The highest BCUT2D eigenvalue weighted by Crippen LogP contribution is 2.44. The molecule has 5 nitrogen and oxygen atoms in total. The van der Waals surface area contributed by atoms with Crippen LogP contribution in [0.3, 0.4) is 0 Å². The van der Waals surface area contributed by atoms with Gasteiger partial charge in [0.25, 0.3) is 0 Å². The van der Waals surface area contributed by atoms with Crippen LogP contribution in [-0.2, 0) is 4.79 Å². The highest BCUT2D eigenvalue weighted by Gasteiger charge is 2.36. The third-order valence-electron chi connectivity index (χ3n) is 5.91. The number of aliphatic carboxylic acids is 1. The lowest BCUT2D eigenvalue weighted by atomic mass is 9.73. The normalized spacial score (nSPS) is 20.0. The molecule has 1 aromatic heterocycles. The number of carboxylic acids is 1. The maximum absolute atomic E-state index is 12.0. The summed E-state index contributed by atoms with van der Waals surface area (Å²) in [5, 5.41) is 20.3. The van der Waals surface area contributed by atoms with Gasteiger partial charge in [0, 0.05) is 17.1 Å². The first-order chi connectivity index (χ1) is 13.5. The molecule has 1 aromatic carbocycles. The Morgan fingerprint density at radius 1 is 1.29 bits per heavy atom. The van der Waals surface area contributed by atoms with Crippen molar-refractivity contribution in [2.45, 2.75) is 25.6 Å². The molecule has 0 spiro atoms. The lowest BCUT2D eigenvalue weighted by Crippen LogP contribution is -2.44. The summed E-state index contributed by atoms with van der Waals surface area (Å²) in [7, 11) is -0.452. The average Bonchev–Trinajstić information content (AvgIpc) is 2.82. The second-order valence-corrected chi connectivity index (χ2v) is 7.99. The van der Waals surface area contributed by atoms with Gasteiger partial charge in [-0.05, 0) is 79.6 Å². The molecule has 0 saturated carbocycles. The van der Waals surface area contributed by atoms with Gasteiger partial charge < -0.3 is 14.9 Å². The van der Waals surface area contributed by atoms with E-state index in [1.807, 2.05) is 24.3 Å². The van der Waals surface area contributed by atoms with Crippen LogP contribution in [0.25, 0.3) is 11.6 Å². The first-order valence-corrected chi connectivity index (χ1v) is 9.95. The number of fused-ring (bicyclic) bond motifs is 2. The van der Waals surface area contributed by atoms with Gasteiger partial charge in [0.2, 0.25) is 0 Å². The zero-order valence-electron chi connectivity index (χ0n) is 15.7. The molecule has 28 heavy (non-hydrogen) atoms. The van der Waals surface area contributed by atoms with Crippen molar-refractivity contribution >= 4 is 36.3 Å². The lowest BCUT2D eigenvalue weighted by Gasteiger charge is -2.37. The first kappa shape index (κ1) is 19.2. The predicted molar refractivity (Wildman–Crippen MR) is 111 cm³/mol. The summed E-state index contributed by atoms with van der Waals surface area (Å²) >= 11 is 6.23. The Morgan fingerprint density at radius 3 is 2.71 bits per heavy atom. The van der Waals surface area contributed by atoms with Gasteiger partial charge in [-0.15, -0.1) is 0 Å². The standard InChI is InChI=1S/C21H22BClN2O3/c1-22(28)25-9-6-13(7-10-25)19-16-5-4-15(23)12-17(16)18(21(26)27)11-14-3-2-8-24-20(14)19/h2-5,8,11-13,19,28H,6-7,9-10H2,1H3,(H,26,27). The van der Waals surface area contributed by atoms with E-state index < -0.39 is 13.0 Å². The molecule has 4 rings (SSSR count). The molecular weight excluding hydrogens is 375 g/mol. The quantitative estimate of drug-likeness (QED) is 0.775. The van der Waals surface area contributed by atoms with Gasteiger partial charge in [-0.25, -0.2) is 4.79 Å². The zero-order chi connectivity index (χ0) is 19.8. The molecule has 144 valence electrons. The third kappa shape index (κ3) is 3.48. The largest absolute Gasteiger partial charge is 0.478 e. The molecule has 0 bridgehead atoms. The van der Waals surface area contributed by atoms with Crippen LogP contribution in [0.1, 0.15) is 41.1 Å². The van der Waals surface area contributed by atoms with Crippen LogP contribution in [0.2, 0.25) is 11.8 Å². The third-order valence-corrected chi connectivity index (χ3v) is 6.15. The number of hydrogen-bond acceptors (Lipinski definition) is 4. The second kappa shape index (κ2) is 7.70. The fourth-order valence-corrected chi connectivity index (χ4v) is 4.68. The number of nitrogens with zero attached hydrogens (tertiary/aromatic N) is 2. The van der Waals surface area contributed by atoms with Gasteiger partial charge in [-0.3, -0.25) is 4.98 Å². The monoisotopic (exact) mass is 396 g/mol. The molecule has 2 aromatic rings. The molecule has 2 heterocycles. The van der Waals surface area contributed by atoms with Crippen molar-refractivity contribution in [2.24, 2.45) is 5.92 Å². The van der Waals surface area contributed by atoms with Gasteiger partial charge in [0.05, 0.1) is 11.3 Å². The molecule has 1 fully saturated rings. The summed E-state index contributed by atoms with van der Waals surface area (Å²) in [6.07, 6.45) is 5.31. The summed E-state index contributed by atoms with van der Waals surface area (Å²) < 4.78 is 0. The van der Waals surface area contributed by atoms with E-state index in [4.69, 9.17) is 11.6 Å². The maximum Gasteiger partial charge on any atom is 0.376 e. The molecule has 1 unspecified atom stereocenters. The van der Waals surface area contributed by atoms with Crippen LogP contribution >= 0.6 is 11.6 Å². The van der Waals surface area contributed by atoms with Crippen molar-refractivity contribution in [1.29, 1.82) is 0 Å². The second-order valence-electron chi connectivity index (χ2n) is 7.56. The molecule has 0 radical (unpaired) electrons. The predicted octanol–water partition coefficient (Wildman–Crippen LogP) is 3.63. The molecule has 1 saturated heterocycles. The molecule has 1 aliphatic carbocycles. The van der Waals surface area contributed by atoms with Crippen LogP contribution in [0, 0.1) is 5.92 Å². The van der Waals surface area contributed by atoms with Crippen molar-refractivity contribution in [1.82, 2.24) is 9.79 Å². The zero-order valence-corrected chi connectivity index (χ0v) is 16.4. The highest BCUT2D eigenvalue weighted by molar-refractivity contribution is 6.45. The minimum absolute atomic E-state index is 0.00674. The van der Waals surface area contributed by atoms with E-state index >= 15 is 0 Å². The smallest absolute Gasteiger partial charge is 0.376 e. The van der Waals surface area contributed by atoms with Gasteiger partial charge in [0.15, 0.2) is 0 Å². The Morgan fingerprint density at radius 2 is 2.04 bits per heavy atom. The van der Waals surface area contributed by atoms with E-state index in [0.717, 1.165) is 42.8 Å². The number of benzene rings is 1. The van der Waals surface area contributed by atoms with Crippen LogP contribution in [-0.4, -0.2) is 46.0 Å². The summed E-state index contributed by atoms with van der Waals surface area (Å²) in [5.41, 5.74) is 3.63. The minimum atomic E-state index is -0.970. The lowest BCUT2D eigenvalue weighted by molar-refractivity contribution is -0.130. The highest BCUT2D eigenvalue weighted by atomic mass is 35.5. The number of piperidine rings is 1. The van der Waals surface area contributed by atoms with Gasteiger partial charge in [0.1, 0.15) is 0 Å².